The predicted molar refractivity (Wildman–Crippen MR) is 60.5 cm³/mol. The first-order valence-electron chi connectivity index (χ1n) is 4.92. The van der Waals surface area contributed by atoms with Crippen molar-refractivity contribution in [2.75, 3.05) is 0 Å². The van der Waals surface area contributed by atoms with Gasteiger partial charge < -0.3 is 10.4 Å². The third-order valence-corrected chi connectivity index (χ3v) is 2.56. The Labute approximate surface area is 97.5 Å². The van der Waals surface area contributed by atoms with Crippen LogP contribution in [0.5, 0.6) is 0 Å². The van der Waals surface area contributed by atoms with Gasteiger partial charge in [-0.1, -0.05) is 13.8 Å². The van der Waals surface area contributed by atoms with Crippen molar-refractivity contribution in [3.63, 3.8) is 0 Å². The van der Waals surface area contributed by atoms with Gasteiger partial charge in [0, 0.05) is 5.38 Å². The minimum atomic E-state index is -1.02. The van der Waals surface area contributed by atoms with Crippen molar-refractivity contribution in [1.29, 1.82) is 0 Å². The van der Waals surface area contributed by atoms with E-state index in [1.165, 1.54) is 16.8 Å². The summed E-state index contributed by atoms with van der Waals surface area (Å²) in [7, 11) is 0. The fraction of sp³-hybridized carbons (Fsp3) is 0.500. The van der Waals surface area contributed by atoms with Gasteiger partial charge in [-0.15, -0.1) is 11.3 Å². The maximum atomic E-state index is 11.6. The second kappa shape index (κ2) is 5.60. The fourth-order valence-corrected chi connectivity index (χ4v) is 1.78. The second-order valence-electron chi connectivity index (χ2n) is 3.87. The average Bonchev–Trinajstić information content (AvgIpc) is 2.68. The van der Waals surface area contributed by atoms with Gasteiger partial charge >= 0.3 is 5.97 Å². The lowest BCUT2D eigenvalue weighted by Crippen LogP contribution is -2.41. The number of carboxylic acids is 1. The van der Waals surface area contributed by atoms with E-state index < -0.39 is 17.9 Å². The lowest BCUT2D eigenvalue weighted by molar-refractivity contribution is -0.139. The zero-order valence-electron chi connectivity index (χ0n) is 9.14. The van der Waals surface area contributed by atoms with Gasteiger partial charge in [0.1, 0.15) is 11.7 Å². The molecule has 0 saturated heterocycles. The van der Waals surface area contributed by atoms with Crippen LogP contribution >= 0.6 is 11.3 Å². The van der Waals surface area contributed by atoms with Gasteiger partial charge in [-0.25, -0.2) is 9.78 Å². The number of thiazole rings is 1. The Bertz CT molecular complexity index is 362. The Morgan fingerprint density at radius 3 is 2.69 bits per heavy atom. The maximum Gasteiger partial charge on any atom is 0.326 e. The number of nitrogens with zero attached hydrogens (tertiary/aromatic N) is 1. The lowest BCUT2D eigenvalue weighted by atomic mass is 10.0. The first kappa shape index (κ1) is 12.6. The molecule has 0 aliphatic rings. The van der Waals surface area contributed by atoms with Gasteiger partial charge in [-0.05, 0) is 12.3 Å². The summed E-state index contributed by atoms with van der Waals surface area (Å²) in [5, 5.41) is 13.0. The van der Waals surface area contributed by atoms with Crippen LogP contribution in [0.15, 0.2) is 10.9 Å². The van der Waals surface area contributed by atoms with E-state index in [9.17, 15) is 9.59 Å². The number of nitrogens with one attached hydrogen (secondary N) is 1. The summed E-state index contributed by atoms with van der Waals surface area (Å²) >= 11 is 1.30. The van der Waals surface area contributed by atoms with E-state index in [2.05, 4.69) is 10.3 Å². The topological polar surface area (TPSA) is 79.3 Å². The summed E-state index contributed by atoms with van der Waals surface area (Å²) in [6, 6.07) is -0.853. The number of aromatic nitrogens is 1. The number of hydrogen-bond donors (Lipinski definition) is 2. The first-order valence-corrected chi connectivity index (χ1v) is 5.87. The molecule has 1 aromatic rings. The molecule has 6 heteroatoms. The molecule has 1 rings (SSSR count). The molecule has 5 nitrogen and oxygen atoms in total. The molecule has 0 aromatic carbocycles. The third kappa shape index (κ3) is 3.62. The number of carbonyl (C=O) groups excluding carboxylic acids is 1. The molecule has 0 aliphatic heterocycles. The van der Waals surface area contributed by atoms with Crippen molar-refractivity contribution in [3.8, 4) is 0 Å². The number of carboxylic acid groups (broad SMARTS) is 1. The summed E-state index contributed by atoms with van der Waals surface area (Å²) in [4.78, 5) is 26.3. The van der Waals surface area contributed by atoms with Crippen molar-refractivity contribution in [2.24, 2.45) is 5.92 Å². The quantitative estimate of drug-likeness (QED) is 0.817. The van der Waals surface area contributed by atoms with Crippen LogP contribution < -0.4 is 5.32 Å². The smallest absolute Gasteiger partial charge is 0.326 e. The molecule has 0 unspecified atom stereocenters. The highest BCUT2D eigenvalue weighted by atomic mass is 32.1. The van der Waals surface area contributed by atoms with Gasteiger partial charge in [0.2, 0.25) is 0 Å². The zero-order chi connectivity index (χ0) is 12.1. The number of amides is 1. The van der Waals surface area contributed by atoms with Crippen LogP contribution in [0.3, 0.4) is 0 Å². The Balaban J connectivity index is 2.62. The Kier molecular flexibility index (Phi) is 4.42. The van der Waals surface area contributed by atoms with Crippen LogP contribution in [0.4, 0.5) is 0 Å². The van der Waals surface area contributed by atoms with Crippen LogP contribution in [-0.4, -0.2) is 28.0 Å². The van der Waals surface area contributed by atoms with E-state index in [1.54, 1.807) is 5.38 Å². The molecule has 16 heavy (non-hydrogen) atoms. The number of carbonyl (C=O) groups is 2. The SMILES string of the molecule is CC(C)C[C@H](NC(=O)c1cscn1)C(=O)O. The van der Waals surface area contributed by atoms with E-state index in [0.717, 1.165) is 0 Å². The zero-order valence-corrected chi connectivity index (χ0v) is 9.95. The summed E-state index contributed by atoms with van der Waals surface area (Å²) in [5.41, 5.74) is 1.80. The molecule has 88 valence electrons. The highest BCUT2D eigenvalue weighted by molar-refractivity contribution is 7.07. The molecular weight excluding hydrogens is 228 g/mol. The molecule has 0 radical (unpaired) electrons. The fourth-order valence-electron chi connectivity index (χ4n) is 1.25. The van der Waals surface area contributed by atoms with E-state index in [-0.39, 0.29) is 11.6 Å². The number of rotatable bonds is 5. The van der Waals surface area contributed by atoms with Gasteiger partial charge in [0.05, 0.1) is 5.51 Å². The average molecular weight is 242 g/mol. The van der Waals surface area contributed by atoms with Crippen molar-refractivity contribution in [3.05, 3.63) is 16.6 Å². The molecule has 2 N–H and O–H groups in total. The van der Waals surface area contributed by atoms with Gasteiger partial charge in [0.25, 0.3) is 5.91 Å². The van der Waals surface area contributed by atoms with Gasteiger partial charge in [0.15, 0.2) is 0 Å². The summed E-state index contributed by atoms with van der Waals surface area (Å²) in [6.45, 7) is 3.82. The van der Waals surface area contributed by atoms with Gasteiger partial charge in [-0.2, -0.15) is 0 Å². The second-order valence-corrected chi connectivity index (χ2v) is 4.59. The molecule has 0 bridgehead atoms. The Hall–Kier alpha value is -1.43. The molecule has 0 saturated carbocycles. The van der Waals surface area contributed by atoms with E-state index in [4.69, 9.17) is 5.11 Å². The Morgan fingerprint density at radius 1 is 1.56 bits per heavy atom. The molecule has 0 spiro atoms. The highest BCUT2D eigenvalue weighted by Gasteiger charge is 2.22. The highest BCUT2D eigenvalue weighted by Crippen LogP contribution is 2.07. The Morgan fingerprint density at radius 2 is 2.25 bits per heavy atom. The van der Waals surface area contributed by atoms with Crippen molar-refractivity contribution in [2.45, 2.75) is 26.3 Å². The standard InChI is InChI=1S/C10H14N2O3S/c1-6(2)3-7(10(14)15)12-9(13)8-4-16-5-11-8/h4-7H,3H2,1-2H3,(H,12,13)(H,14,15)/t7-/m0/s1. The predicted octanol–water partition coefficient (Wildman–Crippen LogP) is 1.37. The van der Waals surface area contributed by atoms with Crippen LogP contribution in [0.1, 0.15) is 30.8 Å². The van der Waals surface area contributed by atoms with Crippen LogP contribution in [0, 0.1) is 5.92 Å². The van der Waals surface area contributed by atoms with E-state index in [0.29, 0.717) is 6.42 Å². The largest absolute Gasteiger partial charge is 0.480 e. The van der Waals surface area contributed by atoms with Gasteiger partial charge in [-0.3, -0.25) is 4.79 Å². The lowest BCUT2D eigenvalue weighted by Gasteiger charge is -2.15. The van der Waals surface area contributed by atoms with Crippen LogP contribution in [0.25, 0.3) is 0 Å². The number of hydrogen-bond acceptors (Lipinski definition) is 4. The molecular formula is C10H14N2O3S. The third-order valence-electron chi connectivity index (χ3n) is 1.98. The normalized spacial score (nSPS) is 12.4. The van der Waals surface area contributed by atoms with Crippen molar-refractivity contribution in [1.82, 2.24) is 10.3 Å². The molecule has 0 aliphatic carbocycles. The van der Waals surface area contributed by atoms with Crippen molar-refractivity contribution < 1.29 is 14.7 Å². The molecule has 1 aromatic heterocycles. The van der Waals surface area contributed by atoms with E-state index >= 15 is 0 Å². The summed E-state index contributed by atoms with van der Waals surface area (Å²) in [6.07, 6.45) is 0.408. The van der Waals surface area contributed by atoms with Crippen LogP contribution in [-0.2, 0) is 4.79 Å². The summed E-state index contributed by atoms with van der Waals surface area (Å²) < 4.78 is 0. The van der Waals surface area contributed by atoms with Crippen molar-refractivity contribution >= 4 is 23.2 Å². The first-order chi connectivity index (χ1) is 7.50. The number of aliphatic carboxylic acids is 1. The maximum absolute atomic E-state index is 11.6. The van der Waals surface area contributed by atoms with Crippen LogP contribution in [0.2, 0.25) is 0 Å². The molecule has 1 atom stereocenters. The van der Waals surface area contributed by atoms with E-state index in [1.807, 2.05) is 13.8 Å². The summed E-state index contributed by atoms with van der Waals surface area (Å²) in [5.74, 6) is -1.25. The minimum Gasteiger partial charge on any atom is -0.480 e. The molecule has 1 amide bonds. The monoisotopic (exact) mass is 242 g/mol. The molecule has 0 fully saturated rings. The molecule has 1 heterocycles. The minimum absolute atomic E-state index is 0.205.